The van der Waals surface area contributed by atoms with Crippen LogP contribution in [0.1, 0.15) is 54.1 Å². The van der Waals surface area contributed by atoms with Crippen LogP contribution in [-0.4, -0.2) is 70.7 Å². The van der Waals surface area contributed by atoms with E-state index in [0.29, 0.717) is 23.4 Å². The molecule has 7 heteroatoms. The van der Waals surface area contributed by atoms with Crippen molar-refractivity contribution in [2.45, 2.75) is 52.1 Å². The first-order chi connectivity index (χ1) is 15.9. The number of ketones is 1. The third-order valence-corrected chi connectivity index (χ3v) is 7.83. The molecule has 176 valence electrons. The molecule has 0 N–H and O–H groups in total. The van der Waals surface area contributed by atoms with Crippen molar-refractivity contribution in [3.05, 3.63) is 47.3 Å². The molecule has 2 aromatic rings. The fourth-order valence-corrected chi connectivity index (χ4v) is 6.05. The number of anilines is 1. The number of hydrogen-bond acceptors (Lipinski definition) is 5. The first kappa shape index (κ1) is 22.1. The van der Waals surface area contributed by atoms with Crippen LogP contribution < -0.4 is 4.90 Å². The largest absolute Gasteiger partial charge is 0.372 e. The topological polar surface area (TPSA) is 61.7 Å². The average Bonchev–Trinajstić information content (AvgIpc) is 3.56. The lowest BCUT2D eigenvalue weighted by atomic mass is 10.0. The lowest BCUT2D eigenvalue weighted by Crippen LogP contribution is -2.36. The number of hydrogen-bond donors (Lipinski definition) is 0. The summed E-state index contributed by atoms with van der Waals surface area (Å²) in [5.41, 5.74) is 4.59. The monoisotopic (exact) mass is 449 g/mol. The minimum absolute atomic E-state index is 0.0700. The van der Waals surface area contributed by atoms with Gasteiger partial charge >= 0.3 is 6.03 Å². The van der Waals surface area contributed by atoms with Crippen molar-refractivity contribution in [1.29, 1.82) is 0 Å². The number of amides is 1. The highest BCUT2D eigenvalue weighted by Crippen LogP contribution is 2.40. The van der Waals surface area contributed by atoms with E-state index in [0.717, 1.165) is 32.5 Å². The SMILES string of the molecule is CC(=O)c1cnn(C(=O)N2C[C@H]3CC(N(C)Cc4cc(C)cc(N5CCCC5)c4)C[C@H]3C2)c1. The zero-order valence-corrected chi connectivity index (χ0v) is 20.0. The molecule has 0 bridgehead atoms. The van der Waals surface area contributed by atoms with E-state index in [1.165, 1.54) is 60.5 Å². The molecule has 2 aliphatic heterocycles. The first-order valence-corrected chi connectivity index (χ1v) is 12.3. The summed E-state index contributed by atoms with van der Waals surface area (Å²) in [6.07, 6.45) is 7.88. The summed E-state index contributed by atoms with van der Waals surface area (Å²) in [5.74, 6) is 1.02. The summed E-state index contributed by atoms with van der Waals surface area (Å²) in [6.45, 7) is 8.58. The molecule has 7 nitrogen and oxygen atoms in total. The van der Waals surface area contributed by atoms with Gasteiger partial charge in [-0.3, -0.25) is 9.69 Å². The Kier molecular flexibility index (Phi) is 5.99. The predicted octanol–water partition coefficient (Wildman–Crippen LogP) is 3.80. The molecule has 0 spiro atoms. The molecular formula is C26H35N5O2. The Hall–Kier alpha value is -2.67. The molecule has 1 unspecified atom stereocenters. The van der Waals surface area contributed by atoms with E-state index in [-0.39, 0.29) is 11.8 Å². The van der Waals surface area contributed by atoms with Gasteiger partial charge in [-0.1, -0.05) is 6.07 Å². The molecule has 1 aromatic heterocycles. The number of likely N-dealkylation sites (tertiary alicyclic amines) is 1. The van der Waals surface area contributed by atoms with Crippen molar-refractivity contribution < 1.29 is 9.59 Å². The van der Waals surface area contributed by atoms with Gasteiger partial charge in [0, 0.05) is 50.6 Å². The van der Waals surface area contributed by atoms with Gasteiger partial charge in [0.2, 0.25) is 0 Å². The third-order valence-electron chi connectivity index (χ3n) is 7.83. The summed E-state index contributed by atoms with van der Waals surface area (Å²) in [5, 5.41) is 4.10. The van der Waals surface area contributed by atoms with Crippen molar-refractivity contribution in [1.82, 2.24) is 19.6 Å². The maximum Gasteiger partial charge on any atom is 0.344 e. The maximum atomic E-state index is 12.8. The van der Waals surface area contributed by atoms with Crippen LogP contribution >= 0.6 is 0 Å². The summed E-state index contributed by atoms with van der Waals surface area (Å²) in [6, 6.07) is 7.47. The van der Waals surface area contributed by atoms with Gasteiger partial charge in [0.1, 0.15) is 0 Å². The van der Waals surface area contributed by atoms with E-state index in [1.54, 1.807) is 6.20 Å². The van der Waals surface area contributed by atoms with Gasteiger partial charge in [-0.25, -0.2) is 4.79 Å². The second kappa shape index (κ2) is 8.93. The van der Waals surface area contributed by atoms with Gasteiger partial charge in [-0.15, -0.1) is 0 Å². The lowest BCUT2D eigenvalue weighted by Gasteiger charge is -2.27. The van der Waals surface area contributed by atoms with Crippen LogP contribution in [-0.2, 0) is 6.54 Å². The molecular weight excluding hydrogens is 414 g/mol. The van der Waals surface area contributed by atoms with E-state index >= 15 is 0 Å². The quantitative estimate of drug-likeness (QED) is 0.650. The fraction of sp³-hybridized carbons (Fsp3) is 0.577. The smallest absolute Gasteiger partial charge is 0.344 e. The van der Waals surface area contributed by atoms with Crippen LogP contribution in [0.5, 0.6) is 0 Å². The van der Waals surface area contributed by atoms with Crippen LogP contribution in [0.15, 0.2) is 30.6 Å². The molecule has 3 atom stereocenters. The molecule has 3 fully saturated rings. The molecule has 0 radical (unpaired) electrons. The number of benzene rings is 1. The van der Waals surface area contributed by atoms with Gasteiger partial charge in [0.25, 0.3) is 0 Å². The van der Waals surface area contributed by atoms with Crippen LogP contribution in [0.2, 0.25) is 0 Å². The minimum atomic E-state index is -0.115. The molecule has 5 rings (SSSR count). The number of carbonyl (C=O) groups excluding carboxylic acids is 2. The Morgan fingerprint density at radius 2 is 1.79 bits per heavy atom. The van der Waals surface area contributed by atoms with Gasteiger partial charge in [-0.05, 0) is 81.7 Å². The highest BCUT2D eigenvalue weighted by atomic mass is 16.2. The second-order valence-corrected chi connectivity index (χ2v) is 10.3. The van der Waals surface area contributed by atoms with Crippen molar-refractivity contribution >= 4 is 17.5 Å². The molecule has 1 saturated carbocycles. The Bertz CT molecular complexity index is 1030. The maximum absolute atomic E-state index is 12.8. The van der Waals surface area contributed by atoms with Gasteiger partial charge in [0.15, 0.2) is 5.78 Å². The van der Waals surface area contributed by atoms with Crippen molar-refractivity contribution in [3.8, 4) is 0 Å². The third kappa shape index (κ3) is 4.56. The number of Topliss-reactive ketones (excluding diaryl/α,β-unsaturated/α-hetero) is 1. The molecule has 3 aliphatic rings. The van der Waals surface area contributed by atoms with E-state index < -0.39 is 0 Å². The summed E-state index contributed by atoms with van der Waals surface area (Å²) >= 11 is 0. The number of fused-ring (bicyclic) bond motifs is 1. The first-order valence-electron chi connectivity index (χ1n) is 12.3. The zero-order valence-electron chi connectivity index (χ0n) is 20.0. The van der Waals surface area contributed by atoms with Crippen molar-refractivity contribution in [2.75, 3.05) is 38.1 Å². The predicted molar refractivity (Wildman–Crippen MR) is 129 cm³/mol. The van der Waals surface area contributed by atoms with Crippen LogP contribution in [0.25, 0.3) is 0 Å². The highest BCUT2D eigenvalue weighted by Gasteiger charge is 2.43. The average molecular weight is 450 g/mol. The summed E-state index contributed by atoms with van der Waals surface area (Å²) < 4.78 is 1.32. The Balaban J connectivity index is 1.18. The van der Waals surface area contributed by atoms with Gasteiger partial charge < -0.3 is 9.80 Å². The molecule has 1 amide bonds. The molecule has 3 heterocycles. The van der Waals surface area contributed by atoms with Crippen molar-refractivity contribution in [2.24, 2.45) is 11.8 Å². The Labute approximate surface area is 196 Å². The van der Waals surface area contributed by atoms with E-state index in [1.807, 2.05) is 4.90 Å². The molecule has 33 heavy (non-hydrogen) atoms. The molecule has 2 saturated heterocycles. The number of rotatable bonds is 5. The number of carbonyl (C=O) groups is 2. The normalized spacial score (nSPS) is 24.7. The standard InChI is InChI=1S/C26H35N5O2/c1-18-8-20(10-25(9-18)29-6-4-5-7-29)14-28(3)24-11-21-15-30(16-22(21)12-24)26(33)31-17-23(13-27-31)19(2)32/h8-10,13,17,21-22,24H,4-7,11-12,14-16H2,1-3H3/t21-,22+,24?. The van der Waals surface area contributed by atoms with Crippen LogP contribution in [0.3, 0.4) is 0 Å². The summed E-state index contributed by atoms with van der Waals surface area (Å²) in [4.78, 5) is 31.3. The number of aromatic nitrogens is 2. The highest BCUT2D eigenvalue weighted by molar-refractivity contribution is 5.94. The number of nitrogens with zero attached hydrogens (tertiary/aromatic N) is 5. The zero-order chi connectivity index (χ0) is 23.1. The van der Waals surface area contributed by atoms with Crippen LogP contribution in [0, 0.1) is 18.8 Å². The van der Waals surface area contributed by atoms with Gasteiger partial charge in [0.05, 0.1) is 11.8 Å². The Morgan fingerprint density at radius 3 is 2.42 bits per heavy atom. The number of aryl methyl sites for hydroxylation is 1. The van der Waals surface area contributed by atoms with Gasteiger partial charge in [-0.2, -0.15) is 9.78 Å². The van der Waals surface area contributed by atoms with Crippen LogP contribution in [0.4, 0.5) is 10.5 Å². The lowest BCUT2D eigenvalue weighted by molar-refractivity contribution is 0.101. The summed E-state index contributed by atoms with van der Waals surface area (Å²) in [7, 11) is 2.25. The molecule has 1 aromatic carbocycles. The molecule has 1 aliphatic carbocycles. The minimum Gasteiger partial charge on any atom is -0.372 e. The second-order valence-electron chi connectivity index (χ2n) is 10.3. The van der Waals surface area contributed by atoms with E-state index in [9.17, 15) is 9.59 Å². The van der Waals surface area contributed by atoms with Crippen molar-refractivity contribution in [3.63, 3.8) is 0 Å². The Morgan fingerprint density at radius 1 is 1.09 bits per heavy atom. The van der Waals surface area contributed by atoms with E-state index in [2.05, 4.69) is 47.1 Å². The fourth-order valence-electron chi connectivity index (χ4n) is 6.05. The van der Waals surface area contributed by atoms with E-state index in [4.69, 9.17) is 0 Å².